The summed E-state index contributed by atoms with van der Waals surface area (Å²) in [4.78, 5) is 0. The number of rotatable bonds is 5. The second kappa shape index (κ2) is 14.1. The Hall–Kier alpha value is -0.181. The van der Waals surface area contributed by atoms with E-state index in [-0.39, 0.29) is 35.3 Å². The molecule has 0 N–H and O–H groups in total. The van der Waals surface area contributed by atoms with Gasteiger partial charge < -0.3 is 0 Å². The minimum atomic E-state index is -0.465. The van der Waals surface area contributed by atoms with Crippen LogP contribution in [0.3, 0.4) is 0 Å². The Morgan fingerprint density at radius 3 is 1.34 bits per heavy atom. The van der Waals surface area contributed by atoms with Gasteiger partial charge in [-0.05, 0) is 91.8 Å². The molecule has 0 bridgehead atoms. The molecule has 2 aliphatic rings. The molecule has 10 radical (unpaired) electrons. The van der Waals surface area contributed by atoms with Crippen molar-refractivity contribution in [2.75, 3.05) is 0 Å². The maximum Gasteiger partial charge on any atom is 0.0125 e. The predicted molar refractivity (Wildman–Crippen MR) is 156 cm³/mol. The van der Waals surface area contributed by atoms with Crippen molar-refractivity contribution >= 4 is 26.5 Å². The Labute approximate surface area is 230 Å². The summed E-state index contributed by atoms with van der Waals surface area (Å²) in [7, 11) is -0.771. The maximum absolute atomic E-state index is 2.45. The first-order valence-corrected chi connectivity index (χ1v) is 15.0. The summed E-state index contributed by atoms with van der Waals surface area (Å²) < 4.78 is 0. The van der Waals surface area contributed by atoms with Crippen molar-refractivity contribution < 1.29 is 17.1 Å². The molecule has 0 aliphatic heterocycles. The summed E-state index contributed by atoms with van der Waals surface area (Å²) in [6.07, 6.45) is 17.1. The average molecular weight is 542 g/mol. The van der Waals surface area contributed by atoms with Crippen molar-refractivity contribution in [3.63, 3.8) is 0 Å². The van der Waals surface area contributed by atoms with Gasteiger partial charge in [-0.15, -0.1) is 0 Å². The van der Waals surface area contributed by atoms with E-state index < -0.39 is 7.92 Å². The molecule has 0 spiro atoms. The van der Waals surface area contributed by atoms with Crippen LogP contribution in [-0.2, 0) is 17.1 Å². The van der Waals surface area contributed by atoms with E-state index >= 15 is 0 Å². The van der Waals surface area contributed by atoms with Crippen molar-refractivity contribution in [3.8, 4) is 0 Å². The zero-order valence-corrected chi connectivity index (χ0v) is 25.1. The van der Waals surface area contributed by atoms with Gasteiger partial charge in [0, 0.05) is 22.7 Å². The van der Waals surface area contributed by atoms with Gasteiger partial charge in [0.25, 0.3) is 0 Å². The van der Waals surface area contributed by atoms with Gasteiger partial charge in [-0.3, -0.25) is 0 Å². The van der Waals surface area contributed by atoms with Crippen molar-refractivity contribution in [1.29, 1.82) is 0 Å². The van der Waals surface area contributed by atoms with Crippen molar-refractivity contribution in [2.24, 2.45) is 0 Å². The third-order valence-electron chi connectivity index (χ3n) is 5.87. The van der Waals surface area contributed by atoms with E-state index in [0.717, 1.165) is 0 Å². The molecule has 0 saturated heterocycles. The topological polar surface area (TPSA) is 0 Å². The fraction of sp³-hybridized carbons (Fsp3) is 0.312. The first kappa shape index (κ1) is 31.0. The van der Waals surface area contributed by atoms with Crippen LogP contribution in [0.25, 0.3) is 0 Å². The van der Waals surface area contributed by atoms with E-state index in [4.69, 9.17) is 0 Å². The zero-order valence-electron chi connectivity index (χ0n) is 22.2. The average Bonchev–Trinajstić information content (AvgIpc) is 3.49. The monoisotopic (exact) mass is 542 g/mol. The molecule has 4 rings (SSSR count). The van der Waals surface area contributed by atoms with E-state index in [1.165, 1.54) is 10.6 Å². The third kappa shape index (κ3) is 8.68. The molecule has 0 aromatic heterocycles. The molecule has 35 heavy (non-hydrogen) atoms. The summed E-state index contributed by atoms with van der Waals surface area (Å²) in [5.41, 5.74) is 2.08. The van der Waals surface area contributed by atoms with E-state index in [0.29, 0.717) is 5.66 Å². The van der Waals surface area contributed by atoms with Gasteiger partial charge in [-0.1, -0.05) is 117 Å². The van der Waals surface area contributed by atoms with E-state index in [9.17, 15) is 0 Å². The molecule has 2 aromatic rings. The Morgan fingerprint density at radius 2 is 0.971 bits per heavy atom. The smallest absolute Gasteiger partial charge is 0.0125 e. The molecule has 0 amide bonds. The third-order valence-corrected chi connectivity index (χ3v) is 12.2. The van der Waals surface area contributed by atoms with Crippen molar-refractivity contribution in [1.82, 2.24) is 0 Å². The Balaban J connectivity index is 0.000000640. The van der Waals surface area contributed by atoms with Gasteiger partial charge in [0.05, 0.1) is 0 Å². The molecule has 1 unspecified atom stereocenters. The van der Waals surface area contributed by atoms with Gasteiger partial charge in [0.1, 0.15) is 0 Å². The number of benzene rings is 2. The molecule has 3 heteroatoms. The van der Waals surface area contributed by atoms with Crippen LogP contribution in [0.1, 0.15) is 48.5 Å². The standard InChI is InChI=1S/C27H35P2.C5H5.Fe/c1-21(24-19-14-20-25(24)29(26(2,3)4)27(5,6)7)28(22-15-10-8-11-16-22)23-17-12-9-13-18-23;1-2-4-5-3-1;/h8-21H,1-7H3;1-5H;. The Morgan fingerprint density at radius 1 is 0.571 bits per heavy atom. The molecule has 2 saturated carbocycles. The zero-order chi connectivity index (χ0) is 24.8. The second-order valence-corrected chi connectivity index (χ2v) is 17.1. The molecule has 0 nitrogen and oxygen atoms in total. The van der Waals surface area contributed by atoms with Crippen LogP contribution in [-0.4, -0.2) is 16.0 Å². The SMILES string of the molecule is CC([C]1[CH][CH][CH][C]1P(C(C)(C)C)C(C)(C)C)P(c1ccccc1)c1ccccc1.[CH]1[CH][CH][CH][CH]1.[Fe]. The van der Waals surface area contributed by atoms with Crippen LogP contribution in [0.5, 0.6) is 0 Å². The maximum atomic E-state index is 2.45. The summed E-state index contributed by atoms with van der Waals surface area (Å²) in [6.45, 7) is 17.0. The fourth-order valence-electron chi connectivity index (χ4n) is 4.94. The summed E-state index contributed by atoms with van der Waals surface area (Å²) in [5, 5.41) is 3.48. The molecular formula is C32H40FeP2. The summed E-state index contributed by atoms with van der Waals surface area (Å²) >= 11 is 0. The number of hydrogen-bond acceptors (Lipinski definition) is 0. The second-order valence-electron chi connectivity index (χ2n) is 10.7. The summed E-state index contributed by atoms with van der Waals surface area (Å²) in [6, 6.07) is 22.2. The molecule has 2 fully saturated rings. The first-order chi connectivity index (χ1) is 16.1. The predicted octanol–water partition coefficient (Wildman–Crippen LogP) is 8.34. The quantitative estimate of drug-likeness (QED) is 0.263. The van der Waals surface area contributed by atoms with E-state index in [1.807, 2.05) is 32.1 Å². The Bertz CT molecular complexity index is 772. The van der Waals surface area contributed by atoms with Gasteiger partial charge >= 0.3 is 0 Å². The van der Waals surface area contributed by atoms with Crippen LogP contribution >= 0.6 is 15.8 Å². The van der Waals surface area contributed by atoms with Gasteiger partial charge in [-0.25, -0.2) is 0 Å². The van der Waals surface area contributed by atoms with Crippen LogP contribution in [0.2, 0.25) is 0 Å². The van der Waals surface area contributed by atoms with Gasteiger partial charge in [-0.2, -0.15) is 0 Å². The molecule has 0 heterocycles. The van der Waals surface area contributed by atoms with Crippen molar-refractivity contribution in [2.45, 2.75) is 64.4 Å². The summed E-state index contributed by atoms with van der Waals surface area (Å²) in [5.74, 6) is 1.56. The van der Waals surface area contributed by atoms with Crippen LogP contribution in [0, 0.1) is 62.9 Å². The van der Waals surface area contributed by atoms with E-state index in [2.05, 4.69) is 128 Å². The molecule has 2 aliphatic carbocycles. The Kier molecular flexibility index (Phi) is 12.5. The molecular weight excluding hydrogens is 502 g/mol. The first-order valence-electron chi connectivity index (χ1n) is 12.2. The van der Waals surface area contributed by atoms with Crippen LogP contribution < -0.4 is 10.6 Å². The minimum Gasteiger partial charge on any atom is -0.0874 e. The van der Waals surface area contributed by atoms with Crippen LogP contribution in [0.4, 0.5) is 0 Å². The molecule has 1 atom stereocenters. The number of hydrogen-bond donors (Lipinski definition) is 0. The largest absolute Gasteiger partial charge is 0.0874 e. The normalized spacial score (nSPS) is 18.3. The van der Waals surface area contributed by atoms with E-state index in [1.54, 1.807) is 11.6 Å². The fourth-order valence-corrected chi connectivity index (χ4v) is 11.9. The molecule has 186 valence electrons. The van der Waals surface area contributed by atoms with Gasteiger partial charge in [0.2, 0.25) is 0 Å². The minimum absolute atomic E-state index is 0. The van der Waals surface area contributed by atoms with Crippen LogP contribution in [0.15, 0.2) is 60.7 Å². The van der Waals surface area contributed by atoms with Crippen molar-refractivity contribution in [3.05, 3.63) is 124 Å². The molecule has 2 aromatic carbocycles. The van der Waals surface area contributed by atoms with Gasteiger partial charge in [0.15, 0.2) is 0 Å².